The first-order valence-corrected chi connectivity index (χ1v) is 5.50. The molecule has 0 radical (unpaired) electrons. The third-order valence-corrected chi connectivity index (χ3v) is 2.74. The lowest BCUT2D eigenvalue weighted by Gasteiger charge is -1.99. The summed E-state index contributed by atoms with van der Waals surface area (Å²) in [6.07, 6.45) is 1.93. The number of pyridine rings is 2. The Morgan fingerprint density at radius 2 is 2.06 bits per heavy atom. The van der Waals surface area contributed by atoms with Gasteiger partial charge in [0.15, 0.2) is 6.29 Å². The van der Waals surface area contributed by atoms with E-state index in [-0.39, 0.29) is 0 Å². The van der Waals surface area contributed by atoms with Gasteiger partial charge in [-0.15, -0.1) is 0 Å². The molecule has 0 aromatic carbocycles. The van der Waals surface area contributed by atoms with Crippen LogP contribution in [0.25, 0.3) is 22.3 Å². The van der Waals surface area contributed by atoms with E-state index in [0.717, 1.165) is 16.6 Å². The Balaban J connectivity index is 2.11. The minimum atomic E-state index is -1.51. The Hall–Kier alpha value is -2.24. The molecular formula is C13H11N3O2. The highest BCUT2D eigenvalue weighted by Crippen LogP contribution is 2.22. The first kappa shape index (κ1) is 10.9. The third-order valence-electron chi connectivity index (χ3n) is 2.74. The molecule has 3 rings (SSSR count). The molecule has 5 nitrogen and oxygen atoms in total. The third kappa shape index (κ3) is 1.85. The van der Waals surface area contributed by atoms with Crippen molar-refractivity contribution in [3.8, 4) is 11.3 Å². The van der Waals surface area contributed by atoms with Crippen LogP contribution < -0.4 is 0 Å². The second-order valence-electron chi connectivity index (χ2n) is 3.97. The number of hydrogen-bond donors (Lipinski definition) is 3. The van der Waals surface area contributed by atoms with Gasteiger partial charge >= 0.3 is 0 Å². The number of hydrogen-bond acceptors (Lipinski definition) is 4. The van der Waals surface area contributed by atoms with E-state index < -0.39 is 6.29 Å². The molecule has 3 aromatic heterocycles. The fourth-order valence-corrected chi connectivity index (χ4v) is 1.84. The standard InChI is InChI=1S/C13H11N3O2/c17-13(18)11-6-8-3-4-10(15-12(8)16-11)9-2-1-5-14-7-9/h1-7,13,17-18H,(H,15,16). The highest BCUT2D eigenvalue weighted by atomic mass is 16.5. The summed E-state index contributed by atoms with van der Waals surface area (Å²) in [7, 11) is 0. The summed E-state index contributed by atoms with van der Waals surface area (Å²) >= 11 is 0. The normalized spacial score (nSPS) is 11.3. The quantitative estimate of drug-likeness (QED) is 0.595. The average Bonchev–Trinajstić information content (AvgIpc) is 2.82. The van der Waals surface area contributed by atoms with E-state index in [4.69, 9.17) is 10.2 Å². The van der Waals surface area contributed by atoms with E-state index in [1.807, 2.05) is 24.3 Å². The Morgan fingerprint density at radius 1 is 1.17 bits per heavy atom. The van der Waals surface area contributed by atoms with Crippen molar-refractivity contribution >= 4 is 11.0 Å². The fourth-order valence-electron chi connectivity index (χ4n) is 1.84. The van der Waals surface area contributed by atoms with Gasteiger partial charge in [-0.2, -0.15) is 0 Å². The largest absolute Gasteiger partial charge is 0.363 e. The highest BCUT2D eigenvalue weighted by molar-refractivity contribution is 5.79. The van der Waals surface area contributed by atoms with Gasteiger partial charge in [-0.1, -0.05) is 0 Å². The molecule has 0 aliphatic rings. The van der Waals surface area contributed by atoms with Gasteiger partial charge < -0.3 is 15.2 Å². The fraction of sp³-hybridized carbons (Fsp3) is 0.0769. The van der Waals surface area contributed by atoms with Crippen molar-refractivity contribution < 1.29 is 10.2 Å². The van der Waals surface area contributed by atoms with Crippen LogP contribution in [0.4, 0.5) is 0 Å². The second-order valence-corrected chi connectivity index (χ2v) is 3.97. The molecule has 3 heterocycles. The molecule has 3 aromatic rings. The maximum atomic E-state index is 9.10. The highest BCUT2D eigenvalue weighted by Gasteiger charge is 2.08. The maximum Gasteiger partial charge on any atom is 0.193 e. The van der Waals surface area contributed by atoms with Crippen molar-refractivity contribution in [3.63, 3.8) is 0 Å². The minimum absolute atomic E-state index is 0.334. The Morgan fingerprint density at radius 3 is 2.78 bits per heavy atom. The molecule has 0 amide bonds. The summed E-state index contributed by atoms with van der Waals surface area (Å²) in [4.78, 5) is 11.3. The number of nitrogens with zero attached hydrogens (tertiary/aromatic N) is 2. The van der Waals surface area contributed by atoms with Crippen molar-refractivity contribution in [2.75, 3.05) is 0 Å². The van der Waals surface area contributed by atoms with E-state index in [0.29, 0.717) is 11.3 Å². The monoisotopic (exact) mass is 241 g/mol. The smallest absolute Gasteiger partial charge is 0.193 e. The molecule has 0 aliphatic carbocycles. The molecule has 0 aliphatic heterocycles. The molecule has 0 spiro atoms. The SMILES string of the molecule is OC(O)c1cc2ccc(-c3cccnc3)nc2[nH]1. The Bertz CT molecular complexity index is 677. The molecule has 90 valence electrons. The van der Waals surface area contributed by atoms with Crippen LogP contribution >= 0.6 is 0 Å². The van der Waals surface area contributed by atoms with E-state index in [9.17, 15) is 0 Å². The van der Waals surface area contributed by atoms with Gasteiger partial charge in [0.2, 0.25) is 0 Å². The minimum Gasteiger partial charge on any atom is -0.363 e. The van der Waals surface area contributed by atoms with Crippen molar-refractivity contribution in [2.24, 2.45) is 0 Å². The summed E-state index contributed by atoms with van der Waals surface area (Å²) in [6, 6.07) is 9.19. The molecule has 0 saturated heterocycles. The lowest BCUT2D eigenvalue weighted by atomic mass is 10.2. The molecular weight excluding hydrogens is 230 g/mol. The summed E-state index contributed by atoms with van der Waals surface area (Å²) in [5, 5.41) is 19.0. The molecule has 0 bridgehead atoms. The van der Waals surface area contributed by atoms with Crippen LogP contribution in [0.15, 0.2) is 42.7 Å². The zero-order valence-electron chi connectivity index (χ0n) is 9.41. The predicted octanol–water partition coefficient (Wildman–Crippen LogP) is 1.61. The van der Waals surface area contributed by atoms with Gasteiger partial charge in [0.25, 0.3) is 0 Å². The first-order chi connectivity index (χ1) is 8.74. The van der Waals surface area contributed by atoms with Crippen molar-refractivity contribution in [1.29, 1.82) is 0 Å². The summed E-state index contributed by atoms with van der Waals surface area (Å²) in [5.41, 5.74) is 2.66. The average molecular weight is 241 g/mol. The first-order valence-electron chi connectivity index (χ1n) is 5.50. The van der Waals surface area contributed by atoms with Crippen LogP contribution in [0.5, 0.6) is 0 Å². The van der Waals surface area contributed by atoms with Crippen LogP contribution in [0.2, 0.25) is 0 Å². The molecule has 5 heteroatoms. The van der Waals surface area contributed by atoms with Crippen LogP contribution in [0, 0.1) is 0 Å². The number of nitrogens with one attached hydrogen (secondary N) is 1. The van der Waals surface area contributed by atoms with Crippen molar-refractivity contribution in [1.82, 2.24) is 15.0 Å². The number of aromatic nitrogens is 3. The zero-order valence-corrected chi connectivity index (χ0v) is 9.41. The van der Waals surface area contributed by atoms with Crippen LogP contribution in [0.3, 0.4) is 0 Å². The number of rotatable bonds is 2. The van der Waals surface area contributed by atoms with Gasteiger partial charge in [-0.25, -0.2) is 4.98 Å². The maximum absolute atomic E-state index is 9.10. The number of aliphatic hydroxyl groups is 2. The molecule has 0 unspecified atom stereocenters. The number of H-pyrrole nitrogens is 1. The number of fused-ring (bicyclic) bond motifs is 1. The Labute approximate surface area is 103 Å². The lowest BCUT2D eigenvalue weighted by Crippen LogP contribution is -1.93. The van der Waals surface area contributed by atoms with Crippen molar-refractivity contribution in [3.05, 3.63) is 48.4 Å². The van der Waals surface area contributed by atoms with E-state index in [1.54, 1.807) is 18.5 Å². The van der Waals surface area contributed by atoms with E-state index >= 15 is 0 Å². The van der Waals surface area contributed by atoms with Gasteiger partial charge in [0.1, 0.15) is 5.65 Å². The second kappa shape index (κ2) is 4.21. The molecule has 0 atom stereocenters. The van der Waals surface area contributed by atoms with E-state index in [2.05, 4.69) is 15.0 Å². The predicted molar refractivity (Wildman–Crippen MR) is 66.5 cm³/mol. The van der Waals surface area contributed by atoms with Gasteiger partial charge in [0, 0.05) is 23.3 Å². The van der Waals surface area contributed by atoms with Crippen LogP contribution in [0.1, 0.15) is 12.0 Å². The summed E-state index contributed by atoms with van der Waals surface area (Å²) in [5.74, 6) is 0. The van der Waals surface area contributed by atoms with Gasteiger partial charge in [0.05, 0.1) is 11.4 Å². The van der Waals surface area contributed by atoms with Crippen LogP contribution in [-0.4, -0.2) is 25.2 Å². The molecule has 0 saturated carbocycles. The van der Waals surface area contributed by atoms with Crippen molar-refractivity contribution in [2.45, 2.75) is 6.29 Å². The summed E-state index contributed by atoms with van der Waals surface area (Å²) in [6.45, 7) is 0. The topological polar surface area (TPSA) is 82.0 Å². The molecule has 18 heavy (non-hydrogen) atoms. The molecule has 3 N–H and O–H groups in total. The van der Waals surface area contributed by atoms with Crippen LogP contribution in [-0.2, 0) is 0 Å². The van der Waals surface area contributed by atoms with E-state index in [1.165, 1.54) is 0 Å². The lowest BCUT2D eigenvalue weighted by molar-refractivity contribution is -0.0453. The summed E-state index contributed by atoms with van der Waals surface area (Å²) < 4.78 is 0. The van der Waals surface area contributed by atoms with Gasteiger partial charge in [-0.3, -0.25) is 4.98 Å². The number of aliphatic hydroxyl groups excluding tert-OH is 1. The Kier molecular flexibility index (Phi) is 2.55. The zero-order chi connectivity index (χ0) is 12.5. The number of aromatic amines is 1. The molecule has 0 fully saturated rings. The van der Waals surface area contributed by atoms with Gasteiger partial charge in [-0.05, 0) is 30.3 Å².